The number of nitrogens with zero attached hydrogens (tertiary/aromatic N) is 5. The molecule has 5 rings (SSSR count). The second kappa shape index (κ2) is 8.39. The third-order valence-corrected chi connectivity index (χ3v) is 7.93. The molecule has 166 valence electrons. The van der Waals surface area contributed by atoms with Crippen LogP contribution in [-0.2, 0) is 4.74 Å². The molecule has 0 aromatic carbocycles. The molecule has 1 aliphatic carbocycles. The van der Waals surface area contributed by atoms with Crippen LogP contribution in [0.3, 0.4) is 0 Å². The van der Waals surface area contributed by atoms with Crippen LogP contribution in [0.1, 0.15) is 31.9 Å². The fourth-order valence-electron chi connectivity index (χ4n) is 5.59. The van der Waals surface area contributed by atoms with Gasteiger partial charge >= 0.3 is 6.09 Å². The van der Waals surface area contributed by atoms with Gasteiger partial charge in [0.25, 0.3) is 0 Å². The monoisotopic (exact) mass is 441 g/mol. The molecule has 2 aromatic rings. The SMILES string of the molecule is CCOC(=O)N1CC2(CC[C@@H](N3CCN(c4ncccc4-c4csnc4C)CC3)C2)C1. The molecule has 3 aliphatic rings. The third kappa shape index (κ3) is 3.91. The van der Waals surface area contributed by atoms with Crippen molar-refractivity contribution >= 4 is 23.4 Å². The number of carbonyl (C=O) groups is 1. The Morgan fingerprint density at radius 3 is 2.77 bits per heavy atom. The van der Waals surface area contributed by atoms with E-state index in [1.165, 1.54) is 41.9 Å². The number of hydrogen-bond acceptors (Lipinski definition) is 7. The summed E-state index contributed by atoms with van der Waals surface area (Å²) >= 11 is 1.51. The van der Waals surface area contributed by atoms with E-state index < -0.39 is 0 Å². The predicted octanol–water partition coefficient (Wildman–Crippen LogP) is 3.65. The van der Waals surface area contributed by atoms with E-state index in [9.17, 15) is 4.79 Å². The molecule has 0 bridgehead atoms. The summed E-state index contributed by atoms with van der Waals surface area (Å²) in [5.41, 5.74) is 3.79. The molecule has 3 fully saturated rings. The first-order valence-corrected chi connectivity index (χ1v) is 12.2. The minimum atomic E-state index is -0.146. The minimum Gasteiger partial charge on any atom is -0.450 e. The average Bonchev–Trinajstić information content (AvgIpc) is 3.40. The fraction of sp³-hybridized carbons (Fsp3) is 0.609. The predicted molar refractivity (Wildman–Crippen MR) is 123 cm³/mol. The molecule has 31 heavy (non-hydrogen) atoms. The second-order valence-corrected chi connectivity index (χ2v) is 9.79. The number of hydrogen-bond donors (Lipinski definition) is 0. The summed E-state index contributed by atoms with van der Waals surface area (Å²) in [4.78, 5) is 23.6. The van der Waals surface area contributed by atoms with Gasteiger partial charge in [0.1, 0.15) is 5.82 Å². The van der Waals surface area contributed by atoms with Gasteiger partial charge in [-0.1, -0.05) is 0 Å². The number of anilines is 1. The van der Waals surface area contributed by atoms with Crippen molar-refractivity contribution in [3.8, 4) is 11.1 Å². The van der Waals surface area contributed by atoms with Gasteiger partial charge < -0.3 is 14.5 Å². The van der Waals surface area contributed by atoms with Crippen molar-refractivity contribution in [3.05, 3.63) is 29.4 Å². The van der Waals surface area contributed by atoms with Crippen LogP contribution in [0.15, 0.2) is 23.7 Å². The maximum absolute atomic E-state index is 11.9. The maximum Gasteiger partial charge on any atom is 0.409 e. The number of pyridine rings is 1. The summed E-state index contributed by atoms with van der Waals surface area (Å²) < 4.78 is 9.60. The Hall–Kier alpha value is -2.19. The normalized spacial score (nSPS) is 23.2. The lowest BCUT2D eigenvalue weighted by atomic mass is 9.78. The van der Waals surface area contributed by atoms with Crippen molar-refractivity contribution < 1.29 is 9.53 Å². The number of amides is 1. The molecule has 7 nitrogen and oxygen atoms in total. The molecule has 4 heterocycles. The lowest BCUT2D eigenvalue weighted by Gasteiger charge is -2.48. The quantitative estimate of drug-likeness (QED) is 0.722. The van der Waals surface area contributed by atoms with Gasteiger partial charge in [-0.25, -0.2) is 9.78 Å². The first kappa shape index (κ1) is 20.7. The van der Waals surface area contributed by atoms with Gasteiger partial charge in [-0.2, -0.15) is 4.37 Å². The number of piperazine rings is 1. The number of rotatable bonds is 4. The number of aryl methyl sites for hydroxylation is 1. The number of likely N-dealkylation sites (tertiary alicyclic amines) is 1. The molecular formula is C23H31N5O2S. The van der Waals surface area contributed by atoms with Crippen molar-refractivity contribution in [1.29, 1.82) is 0 Å². The maximum atomic E-state index is 11.9. The Balaban J connectivity index is 1.18. The average molecular weight is 442 g/mol. The van der Waals surface area contributed by atoms with Crippen molar-refractivity contribution in [2.24, 2.45) is 5.41 Å². The Bertz CT molecular complexity index is 934. The van der Waals surface area contributed by atoms with Crippen LogP contribution in [0.5, 0.6) is 0 Å². The summed E-state index contributed by atoms with van der Waals surface area (Å²) in [6.07, 6.45) is 5.42. The van der Waals surface area contributed by atoms with E-state index in [2.05, 4.69) is 32.5 Å². The first-order chi connectivity index (χ1) is 15.1. The Morgan fingerprint density at radius 1 is 1.26 bits per heavy atom. The molecule has 1 amide bonds. The summed E-state index contributed by atoms with van der Waals surface area (Å²) in [7, 11) is 0. The lowest BCUT2D eigenvalue weighted by molar-refractivity contribution is -0.00294. The Kier molecular flexibility index (Phi) is 5.60. The first-order valence-electron chi connectivity index (χ1n) is 11.4. The van der Waals surface area contributed by atoms with Crippen LogP contribution in [0.2, 0.25) is 0 Å². The molecule has 2 aromatic heterocycles. The molecular weight excluding hydrogens is 410 g/mol. The van der Waals surface area contributed by atoms with E-state index in [1.807, 2.05) is 24.1 Å². The smallest absolute Gasteiger partial charge is 0.409 e. The zero-order valence-electron chi connectivity index (χ0n) is 18.4. The molecule has 8 heteroatoms. The molecule has 0 N–H and O–H groups in total. The highest BCUT2D eigenvalue weighted by Crippen LogP contribution is 2.47. The molecule has 0 radical (unpaired) electrons. The number of carbonyl (C=O) groups excluding carboxylic acids is 1. The highest BCUT2D eigenvalue weighted by Gasteiger charge is 2.51. The third-order valence-electron chi connectivity index (χ3n) is 7.21. The number of ether oxygens (including phenoxy) is 1. The van der Waals surface area contributed by atoms with Crippen molar-refractivity contribution in [2.75, 3.05) is 50.8 Å². The standard InChI is InChI=1S/C23H31N5O2S/c1-3-30-22(29)28-15-23(16-28)7-6-18(13-23)26-9-11-27(12-10-26)21-19(5-4-8-24-21)20-14-31-25-17(20)2/h4-5,8,14,18H,3,6-7,9-13,15-16H2,1-2H3/t18-/m1/s1. The van der Waals surface area contributed by atoms with Gasteiger partial charge in [0.05, 0.1) is 12.3 Å². The van der Waals surface area contributed by atoms with Gasteiger partial charge in [0.2, 0.25) is 0 Å². The Morgan fingerprint density at radius 2 is 2.06 bits per heavy atom. The van der Waals surface area contributed by atoms with Crippen LogP contribution in [0.25, 0.3) is 11.1 Å². The van der Waals surface area contributed by atoms with Crippen molar-refractivity contribution in [2.45, 2.75) is 39.2 Å². The summed E-state index contributed by atoms with van der Waals surface area (Å²) in [5, 5.41) is 2.13. The topological polar surface area (TPSA) is 61.8 Å². The van der Waals surface area contributed by atoms with E-state index >= 15 is 0 Å². The van der Waals surface area contributed by atoms with Crippen LogP contribution >= 0.6 is 11.5 Å². The van der Waals surface area contributed by atoms with Crippen LogP contribution in [0, 0.1) is 12.3 Å². The molecule has 0 unspecified atom stereocenters. The lowest BCUT2D eigenvalue weighted by Crippen LogP contribution is -2.58. The molecule has 2 saturated heterocycles. The fourth-order valence-corrected chi connectivity index (χ4v) is 6.30. The van der Waals surface area contributed by atoms with Crippen LogP contribution in [-0.4, -0.2) is 77.2 Å². The summed E-state index contributed by atoms with van der Waals surface area (Å²) in [6, 6.07) is 4.82. The van der Waals surface area contributed by atoms with E-state index in [0.717, 1.165) is 50.8 Å². The van der Waals surface area contributed by atoms with Crippen LogP contribution < -0.4 is 4.90 Å². The van der Waals surface area contributed by atoms with Crippen molar-refractivity contribution in [3.63, 3.8) is 0 Å². The summed E-state index contributed by atoms with van der Waals surface area (Å²) in [6.45, 7) is 10.3. The minimum absolute atomic E-state index is 0.146. The van der Waals surface area contributed by atoms with Gasteiger partial charge in [-0.15, -0.1) is 0 Å². The molecule has 2 aliphatic heterocycles. The van der Waals surface area contributed by atoms with Crippen LogP contribution in [0.4, 0.5) is 10.6 Å². The summed E-state index contributed by atoms with van der Waals surface area (Å²) in [5.74, 6) is 1.08. The highest BCUT2D eigenvalue weighted by molar-refractivity contribution is 7.04. The van der Waals surface area contributed by atoms with E-state index in [1.54, 1.807) is 0 Å². The van der Waals surface area contributed by atoms with Gasteiger partial charge in [0, 0.05) is 73.4 Å². The zero-order valence-corrected chi connectivity index (χ0v) is 19.2. The Labute approximate surface area is 188 Å². The largest absolute Gasteiger partial charge is 0.450 e. The van der Waals surface area contributed by atoms with Gasteiger partial charge in [-0.3, -0.25) is 4.90 Å². The van der Waals surface area contributed by atoms with Gasteiger partial charge in [-0.05, 0) is 56.8 Å². The van der Waals surface area contributed by atoms with Gasteiger partial charge in [0.15, 0.2) is 0 Å². The zero-order chi connectivity index (χ0) is 21.4. The number of aromatic nitrogens is 2. The van der Waals surface area contributed by atoms with E-state index in [4.69, 9.17) is 9.72 Å². The van der Waals surface area contributed by atoms with E-state index in [0.29, 0.717) is 18.1 Å². The second-order valence-electron chi connectivity index (χ2n) is 9.16. The van der Waals surface area contributed by atoms with E-state index in [-0.39, 0.29) is 6.09 Å². The van der Waals surface area contributed by atoms with Crippen molar-refractivity contribution in [1.82, 2.24) is 19.2 Å². The molecule has 1 atom stereocenters. The molecule has 1 spiro atoms. The highest BCUT2D eigenvalue weighted by atomic mass is 32.1. The molecule has 1 saturated carbocycles.